The van der Waals surface area contributed by atoms with Crippen LogP contribution in [0.25, 0.3) is 0 Å². The minimum atomic E-state index is -0.0395. The molecule has 0 saturated carbocycles. The molecule has 0 aliphatic heterocycles. The second kappa shape index (κ2) is 8.77. The SMILES string of the molecule is CC(=O)C(=NN(Cc1ccccc1)Cc1ccccc1)c1ccccc1. The minimum Gasteiger partial charge on any atom is -0.293 e. The van der Waals surface area contributed by atoms with E-state index in [1.54, 1.807) is 6.92 Å². The molecule has 0 atom stereocenters. The van der Waals surface area contributed by atoms with Crippen molar-refractivity contribution in [3.8, 4) is 0 Å². The fraction of sp³-hybridized carbons (Fsp3) is 0.130. The summed E-state index contributed by atoms with van der Waals surface area (Å²) in [5, 5.41) is 6.69. The first-order valence-corrected chi connectivity index (χ1v) is 8.70. The van der Waals surface area contributed by atoms with E-state index in [4.69, 9.17) is 5.10 Å². The van der Waals surface area contributed by atoms with Gasteiger partial charge in [-0.2, -0.15) is 5.10 Å². The molecule has 26 heavy (non-hydrogen) atoms. The van der Waals surface area contributed by atoms with Gasteiger partial charge < -0.3 is 0 Å². The van der Waals surface area contributed by atoms with Gasteiger partial charge in [0.25, 0.3) is 0 Å². The zero-order valence-corrected chi connectivity index (χ0v) is 14.9. The third kappa shape index (κ3) is 4.90. The van der Waals surface area contributed by atoms with E-state index in [2.05, 4.69) is 24.3 Å². The van der Waals surface area contributed by atoms with Crippen LogP contribution in [-0.4, -0.2) is 16.5 Å². The van der Waals surface area contributed by atoms with Crippen molar-refractivity contribution in [1.29, 1.82) is 0 Å². The van der Waals surface area contributed by atoms with Gasteiger partial charge in [-0.15, -0.1) is 0 Å². The van der Waals surface area contributed by atoms with E-state index in [1.807, 2.05) is 71.7 Å². The molecule has 0 aliphatic carbocycles. The van der Waals surface area contributed by atoms with Crippen LogP contribution in [0.2, 0.25) is 0 Å². The maximum atomic E-state index is 12.2. The van der Waals surface area contributed by atoms with Gasteiger partial charge >= 0.3 is 0 Å². The first kappa shape index (κ1) is 17.6. The van der Waals surface area contributed by atoms with E-state index in [0.717, 1.165) is 16.7 Å². The zero-order chi connectivity index (χ0) is 18.2. The molecular formula is C23H22N2O. The number of carbonyl (C=O) groups is 1. The van der Waals surface area contributed by atoms with Crippen LogP contribution in [0.4, 0.5) is 0 Å². The first-order chi connectivity index (χ1) is 12.7. The molecule has 3 rings (SSSR count). The summed E-state index contributed by atoms with van der Waals surface area (Å²) in [5.74, 6) is -0.0395. The van der Waals surface area contributed by atoms with Gasteiger partial charge in [-0.1, -0.05) is 91.0 Å². The number of hydrogen-bond acceptors (Lipinski definition) is 3. The number of hydrogen-bond donors (Lipinski definition) is 0. The van der Waals surface area contributed by atoms with Gasteiger partial charge in [0.1, 0.15) is 5.71 Å². The smallest absolute Gasteiger partial charge is 0.180 e. The molecule has 3 aromatic carbocycles. The largest absolute Gasteiger partial charge is 0.293 e. The van der Waals surface area contributed by atoms with Gasteiger partial charge in [-0.05, 0) is 11.1 Å². The minimum absolute atomic E-state index is 0.0395. The Kier molecular flexibility index (Phi) is 5.94. The van der Waals surface area contributed by atoms with Crippen LogP contribution in [0.5, 0.6) is 0 Å². The quantitative estimate of drug-likeness (QED) is 0.461. The molecule has 130 valence electrons. The normalized spacial score (nSPS) is 11.2. The Morgan fingerprint density at radius 3 is 1.58 bits per heavy atom. The summed E-state index contributed by atoms with van der Waals surface area (Å²) in [4.78, 5) is 12.2. The Bertz CT molecular complexity index is 817. The van der Waals surface area contributed by atoms with E-state index in [1.165, 1.54) is 0 Å². The lowest BCUT2D eigenvalue weighted by Gasteiger charge is -2.21. The molecule has 0 heterocycles. The topological polar surface area (TPSA) is 32.7 Å². The molecule has 3 heteroatoms. The molecule has 0 aliphatic rings. The number of ketones is 1. The van der Waals surface area contributed by atoms with Crippen molar-refractivity contribution < 1.29 is 4.79 Å². The molecule has 0 unspecified atom stereocenters. The van der Waals surface area contributed by atoms with Crippen LogP contribution in [0, 0.1) is 0 Å². The van der Waals surface area contributed by atoms with Gasteiger partial charge in [0, 0.05) is 12.5 Å². The summed E-state index contributed by atoms with van der Waals surface area (Å²) in [6.07, 6.45) is 0. The number of Topliss-reactive ketones (excluding diaryl/α,β-unsaturated/α-hetero) is 1. The molecule has 3 aromatic rings. The first-order valence-electron chi connectivity index (χ1n) is 8.70. The molecule has 0 N–H and O–H groups in total. The molecule has 0 bridgehead atoms. The Morgan fingerprint density at radius 2 is 1.15 bits per heavy atom. The molecule has 0 radical (unpaired) electrons. The fourth-order valence-electron chi connectivity index (χ4n) is 2.78. The third-order valence-electron chi connectivity index (χ3n) is 4.04. The summed E-state index contributed by atoms with van der Waals surface area (Å²) >= 11 is 0. The molecule has 3 nitrogen and oxygen atoms in total. The number of benzene rings is 3. The van der Waals surface area contributed by atoms with E-state index >= 15 is 0 Å². The molecule has 0 amide bonds. The predicted octanol–water partition coefficient (Wildman–Crippen LogP) is 4.68. The predicted molar refractivity (Wildman–Crippen MR) is 106 cm³/mol. The van der Waals surface area contributed by atoms with Crippen molar-refractivity contribution in [2.75, 3.05) is 0 Å². The maximum absolute atomic E-state index is 12.2. The number of carbonyl (C=O) groups excluding carboxylic acids is 1. The average Bonchev–Trinajstić information content (AvgIpc) is 2.68. The second-order valence-electron chi connectivity index (χ2n) is 6.16. The Hall–Kier alpha value is -3.20. The standard InChI is InChI=1S/C23H22N2O/c1-19(26)23(22-15-9-4-10-16-22)24-25(17-20-11-5-2-6-12-20)18-21-13-7-3-8-14-21/h2-16H,17-18H2,1H3. The zero-order valence-electron chi connectivity index (χ0n) is 14.9. The van der Waals surface area contributed by atoms with E-state index in [-0.39, 0.29) is 5.78 Å². The van der Waals surface area contributed by atoms with E-state index < -0.39 is 0 Å². The van der Waals surface area contributed by atoms with Crippen molar-refractivity contribution >= 4 is 11.5 Å². The van der Waals surface area contributed by atoms with Crippen LogP contribution < -0.4 is 0 Å². The average molecular weight is 342 g/mol. The number of hydrazone groups is 1. The highest BCUT2D eigenvalue weighted by molar-refractivity contribution is 6.45. The van der Waals surface area contributed by atoms with E-state index in [0.29, 0.717) is 18.8 Å². The van der Waals surface area contributed by atoms with Crippen LogP contribution in [0.15, 0.2) is 96.1 Å². The molecule has 0 aromatic heterocycles. The summed E-state index contributed by atoms with van der Waals surface area (Å²) in [5.41, 5.74) is 3.63. The second-order valence-corrected chi connectivity index (χ2v) is 6.16. The van der Waals surface area contributed by atoms with Crippen molar-refractivity contribution in [1.82, 2.24) is 5.01 Å². The number of rotatable bonds is 7. The van der Waals surface area contributed by atoms with Crippen LogP contribution in [-0.2, 0) is 17.9 Å². The van der Waals surface area contributed by atoms with Gasteiger partial charge in [-0.25, -0.2) is 0 Å². The Morgan fingerprint density at radius 1 is 0.731 bits per heavy atom. The summed E-state index contributed by atoms with van der Waals surface area (Å²) < 4.78 is 0. The summed E-state index contributed by atoms with van der Waals surface area (Å²) in [7, 11) is 0. The fourth-order valence-corrected chi connectivity index (χ4v) is 2.78. The Balaban J connectivity index is 1.93. The van der Waals surface area contributed by atoms with Crippen LogP contribution >= 0.6 is 0 Å². The lowest BCUT2D eigenvalue weighted by atomic mass is 10.1. The maximum Gasteiger partial charge on any atom is 0.180 e. The summed E-state index contributed by atoms with van der Waals surface area (Å²) in [6.45, 7) is 2.84. The highest BCUT2D eigenvalue weighted by atomic mass is 16.1. The lowest BCUT2D eigenvalue weighted by Crippen LogP contribution is -2.22. The highest BCUT2D eigenvalue weighted by Gasteiger charge is 2.13. The van der Waals surface area contributed by atoms with Gasteiger partial charge in [0.15, 0.2) is 5.78 Å². The highest BCUT2D eigenvalue weighted by Crippen LogP contribution is 2.13. The van der Waals surface area contributed by atoms with Gasteiger partial charge in [0.2, 0.25) is 0 Å². The Labute approximate surface area is 154 Å². The van der Waals surface area contributed by atoms with Gasteiger partial charge in [0.05, 0.1) is 13.1 Å². The van der Waals surface area contributed by atoms with Crippen molar-refractivity contribution in [2.24, 2.45) is 5.10 Å². The van der Waals surface area contributed by atoms with Gasteiger partial charge in [-0.3, -0.25) is 9.80 Å². The van der Waals surface area contributed by atoms with Crippen molar-refractivity contribution in [2.45, 2.75) is 20.0 Å². The molecular weight excluding hydrogens is 320 g/mol. The molecule has 0 fully saturated rings. The molecule has 0 saturated heterocycles. The van der Waals surface area contributed by atoms with Crippen molar-refractivity contribution in [3.63, 3.8) is 0 Å². The van der Waals surface area contributed by atoms with E-state index in [9.17, 15) is 4.79 Å². The monoisotopic (exact) mass is 342 g/mol. The molecule has 0 spiro atoms. The van der Waals surface area contributed by atoms with Crippen LogP contribution in [0.1, 0.15) is 23.6 Å². The number of nitrogens with zero attached hydrogens (tertiary/aromatic N) is 2. The van der Waals surface area contributed by atoms with Crippen molar-refractivity contribution in [3.05, 3.63) is 108 Å². The summed E-state index contributed by atoms with van der Waals surface area (Å²) in [6, 6.07) is 30.0. The lowest BCUT2D eigenvalue weighted by molar-refractivity contribution is -0.111. The third-order valence-corrected chi connectivity index (χ3v) is 4.04. The van der Waals surface area contributed by atoms with Crippen LogP contribution in [0.3, 0.4) is 0 Å².